The molecule has 0 radical (unpaired) electrons. The van der Waals surface area contributed by atoms with Crippen LogP contribution >= 0.6 is 11.8 Å². The first-order chi connectivity index (χ1) is 10.1. The van der Waals surface area contributed by atoms with Crippen molar-refractivity contribution in [3.8, 4) is 5.75 Å². The second-order valence-corrected chi connectivity index (χ2v) is 6.12. The van der Waals surface area contributed by atoms with Crippen molar-refractivity contribution in [2.45, 2.75) is 25.3 Å². The minimum Gasteiger partial charge on any atom is -0.494 e. The van der Waals surface area contributed by atoms with Crippen LogP contribution in [-0.4, -0.2) is 40.6 Å². The number of amides is 1. The fourth-order valence-corrected chi connectivity index (χ4v) is 3.42. The maximum atomic E-state index is 12.2. The van der Waals surface area contributed by atoms with Crippen molar-refractivity contribution in [1.82, 2.24) is 5.32 Å². The number of thioether (sulfide) groups is 1. The third-order valence-corrected chi connectivity index (χ3v) is 4.56. The van der Waals surface area contributed by atoms with Crippen molar-refractivity contribution < 1.29 is 19.4 Å². The van der Waals surface area contributed by atoms with Gasteiger partial charge in [-0.25, -0.2) is 4.79 Å². The molecule has 1 aromatic carbocycles. The molecule has 0 spiro atoms. The van der Waals surface area contributed by atoms with E-state index in [9.17, 15) is 14.7 Å². The molecule has 5 nitrogen and oxygen atoms in total. The van der Waals surface area contributed by atoms with Crippen molar-refractivity contribution >= 4 is 23.6 Å². The predicted molar refractivity (Wildman–Crippen MR) is 82.0 cm³/mol. The summed E-state index contributed by atoms with van der Waals surface area (Å²) in [6.45, 7) is 2.65. The number of hydrogen-bond acceptors (Lipinski definition) is 4. The molecule has 1 saturated heterocycles. The molecule has 1 aliphatic rings. The van der Waals surface area contributed by atoms with Crippen LogP contribution < -0.4 is 10.1 Å². The van der Waals surface area contributed by atoms with Crippen molar-refractivity contribution in [2.75, 3.05) is 18.1 Å². The molecule has 0 aromatic heterocycles. The highest BCUT2D eigenvalue weighted by Gasteiger charge is 2.43. The lowest BCUT2D eigenvalue weighted by Crippen LogP contribution is -2.54. The first-order valence-corrected chi connectivity index (χ1v) is 8.09. The summed E-state index contributed by atoms with van der Waals surface area (Å²) in [4.78, 5) is 23.6. The van der Waals surface area contributed by atoms with Gasteiger partial charge < -0.3 is 15.2 Å². The molecule has 0 bridgehead atoms. The predicted octanol–water partition coefficient (Wildman–Crippen LogP) is 2.17. The molecule has 1 aliphatic heterocycles. The average molecular weight is 309 g/mol. The Hall–Kier alpha value is -1.69. The maximum absolute atomic E-state index is 12.2. The molecule has 0 aliphatic carbocycles. The lowest BCUT2D eigenvalue weighted by molar-refractivity contribution is -0.143. The Bertz CT molecular complexity index is 509. The molecule has 1 fully saturated rings. The van der Waals surface area contributed by atoms with E-state index in [0.717, 1.165) is 12.2 Å². The largest absolute Gasteiger partial charge is 0.494 e. The standard InChI is InChI=1S/C15H19NO4S/c1-2-8-20-12-5-3-11(4-6-12)13(17)16-15(14(18)19)7-9-21-10-15/h3-6H,2,7-10H2,1H3,(H,16,17)(H,18,19). The van der Waals surface area contributed by atoms with Gasteiger partial charge in [0.1, 0.15) is 11.3 Å². The Labute approximate surface area is 128 Å². The Balaban J connectivity index is 2.04. The number of aliphatic carboxylic acids is 1. The van der Waals surface area contributed by atoms with Gasteiger partial charge in [0.05, 0.1) is 6.61 Å². The van der Waals surface area contributed by atoms with E-state index in [0.29, 0.717) is 30.1 Å². The summed E-state index contributed by atoms with van der Waals surface area (Å²) < 4.78 is 5.45. The number of carboxylic acids is 1. The van der Waals surface area contributed by atoms with Crippen molar-refractivity contribution in [3.05, 3.63) is 29.8 Å². The molecule has 6 heteroatoms. The highest BCUT2D eigenvalue weighted by Crippen LogP contribution is 2.28. The van der Waals surface area contributed by atoms with Gasteiger partial charge in [0.2, 0.25) is 0 Å². The second kappa shape index (κ2) is 6.85. The van der Waals surface area contributed by atoms with E-state index in [1.54, 1.807) is 36.0 Å². The zero-order valence-electron chi connectivity index (χ0n) is 11.9. The van der Waals surface area contributed by atoms with Crippen molar-refractivity contribution in [3.63, 3.8) is 0 Å². The van der Waals surface area contributed by atoms with Gasteiger partial charge in [-0.3, -0.25) is 4.79 Å². The van der Waals surface area contributed by atoms with E-state index in [4.69, 9.17) is 4.74 Å². The summed E-state index contributed by atoms with van der Waals surface area (Å²) in [7, 11) is 0. The number of ether oxygens (including phenoxy) is 1. The lowest BCUT2D eigenvalue weighted by Gasteiger charge is -2.24. The van der Waals surface area contributed by atoms with E-state index in [1.807, 2.05) is 6.92 Å². The first kappa shape index (κ1) is 15.7. The molecule has 1 atom stereocenters. The molecule has 21 heavy (non-hydrogen) atoms. The van der Waals surface area contributed by atoms with Gasteiger partial charge in [-0.15, -0.1) is 0 Å². The summed E-state index contributed by atoms with van der Waals surface area (Å²) >= 11 is 1.54. The summed E-state index contributed by atoms with van der Waals surface area (Å²) in [5.74, 6) is 0.533. The highest BCUT2D eigenvalue weighted by atomic mass is 32.2. The van der Waals surface area contributed by atoms with Crippen molar-refractivity contribution in [2.24, 2.45) is 0 Å². The monoisotopic (exact) mass is 309 g/mol. The van der Waals surface area contributed by atoms with Crippen LogP contribution in [0.1, 0.15) is 30.1 Å². The maximum Gasteiger partial charge on any atom is 0.330 e. The third-order valence-electron chi connectivity index (χ3n) is 3.37. The van der Waals surface area contributed by atoms with Gasteiger partial charge in [0.15, 0.2) is 0 Å². The van der Waals surface area contributed by atoms with E-state index in [-0.39, 0.29) is 5.91 Å². The minimum absolute atomic E-state index is 0.359. The van der Waals surface area contributed by atoms with Gasteiger partial charge >= 0.3 is 5.97 Å². The van der Waals surface area contributed by atoms with Crippen LogP contribution in [0.5, 0.6) is 5.75 Å². The van der Waals surface area contributed by atoms with Gasteiger partial charge in [0, 0.05) is 11.3 Å². The van der Waals surface area contributed by atoms with Gasteiger partial charge in [-0.2, -0.15) is 11.8 Å². The first-order valence-electron chi connectivity index (χ1n) is 6.94. The quantitative estimate of drug-likeness (QED) is 0.842. The van der Waals surface area contributed by atoms with E-state index in [1.165, 1.54) is 0 Å². The molecule has 2 rings (SSSR count). The van der Waals surface area contributed by atoms with Crippen LogP contribution in [0.4, 0.5) is 0 Å². The van der Waals surface area contributed by atoms with Crippen LogP contribution in [0.3, 0.4) is 0 Å². The Morgan fingerprint density at radius 1 is 1.38 bits per heavy atom. The number of carbonyl (C=O) groups is 2. The van der Waals surface area contributed by atoms with Crippen LogP contribution in [0.25, 0.3) is 0 Å². The summed E-state index contributed by atoms with van der Waals surface area (Å²) in [6, 6.07) is 6.75. The molecule has 1 unspecified atom stereocenters. The van der Waals surface area contributed by atoms with Crippen LogP contribution in [0.15, 0.2) is 24.3 Å². The summed E-state index contributed by atoms with van der Waals surface area (Å²) in [6.07, 6.45) is 1.37. The fourth-order valence-electron chi connectivity index (χ4n) is 2.10. The topological polar surface area (TPSA) is 75.6 Å². The Morgan fingerprint density at radius 3 is 2.62 bits per heavy atom. The molecule has 1 heterocycles. The Morgan fingerprint density at radius 2 is 2.10 bits per heavy atom. The number of rotatable bonds is 6. The summed E-state index contributed by atoms with van der Waals surface area (Å²) in [5.41, 5.74) is -0.699. The van der Waals surface area contributed by atoms with Crippen LogP contribution in [0, 0.1) is 0 Å². The number of carbonyl (C=O) groups excluding carboxylic acids is 1. The lowest BCUT2D eigenvalue weighted by atomic mass is 9.98. The van der Waals surface area contributed by atoms with Crippen LogP contribution in [-0.2, 0) is 4.79 Å². The third kappa shape index (κ3) is 3.69. The fraction of sp³-hybridized carbons (Fsp3) is 0.467. The molecule has 2 N–H and O–H groups in total. The highest BCUT2D eigenvalue weighted by molar-refractivity contribution is 7.99. The Kier molecular flexibility index (Phi) is 5.12. The van der Waals surface area contributed by atoms with Gasteiger partial charge in [-0.1, -0.05) is 6.92 Å². The zero-order chi connectivity index (χ0) is 15.3. The normalized spacial score (nSPS) is 21.0. The molecule has 1 aromatic rings. The van der Waals surface area contributed by atoms with E-state index in [2.05, 4.69) is 5.32 Å². The van der Waals surface area contributed by atoms with Gasteiger partial charge in [0.25, 0.3) is 5.91 Å². The smallest absolute Gasteiger partial charge is 0.330 e. The zero-order valence-corrected chi connectivity index (χ0v) is 12.7. The number of hydrogen-bond donors (Lipinski definition) is 2. The van der Waals surface area contributed by atoms with Crippen LogP contribution in [0.2, 0.25) is 0 Å². The molecule has 114 valence electrons. The SMILES string of the molecule is CCCOc1ccc(C(=O)NC2(C(=O)O)CCSC2)cc1. The number of carboxylic acid groups (broad SMARTS) is 1. The minimum atomic E-state index is -1.14. The average Bonchev–Trinajstić information content (AvgIpc) is 2.95. The molecular formula is C15H19NO4S. The van der Waals surface area contributed by atoms with Gasteiger partial charge in [-0.05, 0) is 42.9 Å². The molecule has 0 saturated carbocycles. The number of benzene rings is 1. The summed E-state index contributed by atoms with van der Waals surface area (Å²) in [5, 5.41) is 12.0. The second-order valence-electron chi connectivity index (χ2n) is 5.02. The number of nitrogens with one attached hydrogen (secondary N) is 1. The van der Waals surface area contributed by atoms with Crippen molar-refractivity contribution in [1.29, 1.82) is 0 Å². The molecular weight excluding hydrogens is 290 g/mol. The van der Waals surface area contributed by atoms with E-state index < -0.39 is 11.5 Å². The molecule has 1 amide bonds. The van der Waals surface area contributed by atoms with E-state index >= 15 is 0 Å².